The summed E-state index contributed by atoms with van der Waals surface area (Å²) in [4.78, 5) is 35.4. The van der Waals surface area contributed by atoms with Gasteiger partial charge in [0.05, 0.1) is 5.92 Å². The summed E-state index contributed by atoms with van der Waals surface area (Å²) in [5.74, 6) is -2.40. The standard InChI is InChI=1S/C17H21NO4/c1-17(2,3)13-6-4-11(5-7-13)8-12-9-14(19)18(16(12)22)10-15(20)21/h4-7,12H,8-10H2,1-3H3,(H,20,21). The number of carboxylic acid groups (broad SMARTS) is 1. The molecule has 1 aromatic carbocycles. The number of benzene rings is 1. The van der Waals surface area contributed by atoms with Crippen LogP contribution in [-0.4, -0.2) is 34.3 Å². The zero-order valence-corrected chi connectivity index (χ0v) is 13.1. The number of likely N-dealkylation sites (tertiary alicyclic amines) is 1. The van der Waals surface area contributed by atoms with Crippen LogP contribution in [0.15, 0.2) is 24.3 Å². The summed E-state index contributed by atoms with van der Waals surface area (Å²) in [5.41, 5.74) is 2.25. The van der Waals surface area contributed by atoms with Crippen molar-refractivity contribution in [1.82, 2.24) is 4.90 Å². The molecule has 1 atom stereocenters. The molecule has 1 aliphatic heterocycles. The minimum absolute atomic E-state index is 0.0654. The van der Waals surface area contributed by atoms with E-state index in [1.807, 2.05) is 24.3 Å². The summed E-state index contributed by atoms with van der Waals surface area (Å²) in [6.45, 7) is 5.85. The highest BCUT2D eigenvalue weighted by molar-refractivity contribution is 6.05. The van der Waals surface area contributed by atoms with Gasteiger partial charge < -0.3 is 5.11 Å². The number of carbonyl (C=O) groups is 3. The average Bonchev–Trinajstić information content (AvgIpc) is 2.66. The number of carbonyl (C=O) groups excluding carboxylic acids is 2. The molecule has 1 saturated heterocycles. The van der Waals surface area contributed by atoms with Crippen LogP contribution >= 0.6 is 0 Å². The Balaban J connectivity index is 2.07. The second-order valence-electron chi connectivity index (χ2n) is 6.76. The van der Waals surface area contributed by atoms with Gasteiger partial charge in [0, 0.05) is 6.42 Å². The molecule has 22 heavy (non-hydrogen) atoms. The first-order valence-corrected chi connectivity index (χ1v) is 7.34. The molecule has 1 aromatic rings. The number of rotatable bonds is 4. The monoisotopic (exact) mass is 303 g/mol. The molecule has 0 aliphatic carbocycles. The number of hydrogen-bond donors (Lipinski definition) is 1. The maximum absolute atomic E-state index is 12.1. The van der Waals surface area contributed by atoms with Gasteiger partial charge in [-0.1, -0.05) is 45.0 Å². The van der Waals surface area contributed by atoms with Crippen molar-refractivity contribution in [2.24, 2.45) is 5.92 Å². The number of imide groups is 1. The first-order chi connectivity index (χ1) is 10.2. The molecule has 0 bridgehead atoms. The number of amides is 2. The summed E-state index contributed by atoms with van der Waals surface area (Å²) in [6.07, 6.45) is 0.554. The van der Waals surface area contributed by atoms with E-state index in [-0.39, 0.29) is 17.7 Å². The molecule has 1 N–H and O–H groups in total. The quantitative estimate of drug-likeness (QED) is 0.863. The number of nitrogens with zero attached hydrogens (tertiary/aromatic N) is 1. The SMILES string of the molecule is CC(C)(C)c1ccc(CC2CC(=O)N(CC(=O)O)C2=O)cc1. The highest BCUT2D eigenvalue weighted by Crippen LogP contribution is 2.26. The van der Waals surface area contributed by atoms with Crippen molar-refractivity contribution in [2.75, 3.05) is 6.54 Å². The third-order valence-electron chi connectivity index (χ3n) is 3.93. The molecule has 0 spiro atoms. The molecular formula is C17H21NO4. The van der Waals surface area contributed by atoms with Gasteiger partial charge >= 0.3 is 5.97 Å². The van der Waals surface area contributed by atoms with Crippen molar-refractivity contribution in [3.63, 3.8) is 0 Å². The Morgan fingerprint density at radius 1 is 1.23 bits per heavy atom. The summed E-state index contributed by atoms with van der Waals surface area (Å²) in [6, 6.07) is 8.01. The van der Waals surface area contributed by atoms with E-state index in [2.05, 4.69) is 20.8 Å². The van der Waals surface area contributed by atoms with Crippen molar-refractivity contribution in [1.29, 1.82) is 0 Å². The van der Waals surface area contributed by atoms with E-state index in [1.165, 1.54) is 5.56 Å². The van der Waals surface area contributed by atoms with Crippen LogP contribution in [0.3, 0.4) is 0 Å². The predicted octanol–water partition coefficient (Wildman–Crippen LogP) is 1.99. The fraction of sp³-hybridized carbons (Fsp3) is 0.471. The number of aliphatic carboxylic acids is 1. The van der Waals surface area contributed by atoms with Crippen molar-refractivity contribution in [3.05, 3.63) is 35.4 Å². The summed E-state index contributed by atoms with van der Waals surface area (Å²) >= 11 is 0. The molecule has 1 unspecified atom stereocenters. The lowest BCUT2D eigenvalue weighted by molar-refractivity contribution is -0.149. The van der Waals surface area contributed by atoms with Gasteiger partial charge in [-0.15, -0.1) is 0 Å². The second kappa shape index (κ2) is 5.91. The number of hydrogen-bond acceptors (Lipinski definition) is 3. The fourth-order valence-corrected chi connectivity index (χ4v) is 2.64. The van der Waals surface area contributed by atoms with E-state index < -0.39 is 24.3 Å². The van der Waals surface area contributed by atoms with Gasteiger partial charge in [-0.05, 0) is 23.0 Å². The van der Waals surface area contributed by atoms with E-state index in [1.54, 1.807) is 0 Å². The molecule has 5 heteroatoms. The Morgan fingerprint density at radius 2 is 1.82 bits per heavy atom. The third kappa shape index (κ3) is 3.53. The first-order valence-electron chi connectivity index (χ1n) is 7.34. The van der Waals surface area contributed by atoms with Crippen molar-refractivity contribution < 1.29 is 19.5 Å². The van der Waals surface area contributed by atoms with Crippen molar-refractivity contribution in [3.8, 4) is 0 Å². The first kappa shape index (κ1) is 16.2. The minimum atomic E-state index is -1.17. The van der Waals surface area contributed by atoms with E-state index in [4.69, 9.17) is 5.11 Å². The Hall–Kier alpha value is -2.17. The Labute approximate surface area is 129 Å². The maximum Gasteiger partial charge on any atom is 0.323 e. The van der Waals surface area contributed by atoms with Gasteiger partial charge in [0.25, 0.3) is 0 Å². The predicted molar refractivity (Wildman–Crippen MR) is 81.3 cm³/mol. The Bertz CT molecular complexity index is 598. The zero-order valence-electron chi connectivity index (χ0n) is 13.1. The third-order valence-corrected chi connectivity index (χ3v) is 3.93. The molecule has 0 radical (unpaired) electrons. The van der Waals surface area contributed by atoms with Gasteiger partial charge in [0.1, 0.15) is 6.54 Å². The van der Waals surface area contributed by atoms with Crippen LogP contribution in [0.2, 0.25) is 0 Å². The van der Waals surface area contributed by atoms with E-state index in [0.29, 0.717) is 6.42 Å². The van der Waals surface area contributed by atoms with Gasteiger partial charge in [0.15, 0.2) is 0 Å². The van der Waals surface area contributed by atoms with Crippen LogP contribution in [0.1, 0.15) is 38.3 Å². The van der Waals surface area contributed by atoms with Gasteiger partial charge in [0.2, 0.25) is 11.8 Å². The van der Waals surface area contributed by atoms with Gasteiger partial charge in [-0.3, -0.25) is 19.3 Å². The zero-order chi connectivity index (χ0) is 16.5. The lowest BCUT2D eigenvalue weighted by Gasteiger charge is -2.19. The maximum atomic E-state index is 12.1. The minimum Gasteiger partial charge on any atom is -0.480 e. The Kier molecular flexibility index (Phi) is 4.35. The second-order valence-corrected chi connectivity index (χ2v) is 6.76. The molecule has 1 aliphatic rings. The van der Waals surface area contributed by atoms with E-state index >= 15 is 0 Å². The molecule has 1 fully saturated rings. The molecule has 2 amide bonds. The van der Waals surface area contributed by atoms with E-state index in [9.17, 15) is 14.4 Å². The smallest absolute Gasteiger partial charge is 0.323 e. The molecular weight excluding hydrogens is 282 g/mol. The van der Waals surface area contributed by atoms with Crippen LogP contribution in [0.25, 0.3) is 0 Å². The van der Waals surface area contributed by atoms with Crippen molar-refractivity contribution >= 4 is 17.8 Å². The topological polar surface area (TPSA) is 74.7 Å². The molecule has 2 rings (SSSR count). The lowest BCUT2D eigenvalue weighted by Crippen LogP contribution is -2.35. The van der Waals surface area contributed by atoms with Gasteiger partial charge in [-0.25, -0.2) is 0 Å². The van der Waals surface area contributed by atoms with Gasteiger partial charge in [-0.2, -0.15) is 0 Å². The fourth-order valence-electron chi connectivity index (χ4n) is 2.64. The highest BCUT2D eigenvalue weighted by atomic mass is 16.4. The Morgan fingerprint density at radius 3 is 2.32 bits per heavy atom. The highest BCUT2D eigenvalue weighted by Gasteiger charge is 2.39. The number of carboxylic acids is 1. The van der Waals surface area contributed by atoms with Crippen LogP contribution in [-0.2, 0) is 26.2 Å². The van der Waals surface area contributed by atoms with Crippen LogP contribution in [0.5, 0.6) is 0 Å². The van der Waals surface area contributed by atoms with Crippen molar-refractivity contribution in [2.45, 2.75) is 39.0 Å². The van der Waals surface area contributed by atoms with Crippen LogP contribution in [0, 0.1) is 5.92 Å². The largest absolute Gasteiger partial charge is 0.480 e. The molecule has 118 valence electrons. The van der Waals surface area contributed by atoms with Crippen LogP contribution < -0.4 is 0 Å². The average molecular weight is 303 g/mol. The summed E-state index contributed by atoms with van der Waals surface area (Å²) < 4.78 is 0. The lowest BCUT2D eigenvalue weighted by atomic mass is 9.86. The normalized spacial score (nSPS) is 18.9. The van der Waals surface area contributed by atoms with E-state index in [0.717, 1.165) is 10.5 Å². The molecule has 0 aromatic heterocycles. The molecule has 0 saturated carbocycles. The van der Waals surface area contributed by atoms with Crippen LogP contribution in [0.4, 0.5) is 0 Å². The molecule has 5 nitrogen and oxygen atoms in total. The summed E-state index contributed by atoms with van der Waals surface area (Å²) in [7, 11) is 0. The summed E-state index contributed by atoms with van der Waals surface area (Å²) in [5, 5.41) is 8.75. The molecule has 1 heterocycles.